The van der Waals surface area contributed by atoms with E-state index in [1.807, 2.05) is 6.92 Å². The van der Waals surface area contributed by atoms with E-state index in [0.717, 1.165) is 43.4 Å². The van der Waals surface area contributed by atoms with Gasteiger partial charge >= 0.3 is 0 Å². The Balaban J connectivity index is 0.000000613. The first kappa shape index (κ1) is 20.1. The summed E-state index contributed by atoms with van der Waals surface area (Å²) >= 11 is 0. The summed E-state index contributed by atoms with van der Waals surface area (Å²) in [5.41, 5.74) is 2.11. The maximum absolute atomic E-state index is 12.2. The van der Waals surface area contributed by atoms with Gasteiger partial charge in [-0.25, -0.2) is 0 Å². The van der Waals surface area contributed by atoms with Gasteiger partial charge in [-0.3, -0.25) is 4.79 Å². The van der Waals surface area contributed by atoms with E-state index in [-0.39, 0.29) is 11.5 Å². The zero-order valence-corrected chi connectivity index (χ0v) is 17.4. The maximum Gasteiger partial charge on any atom is 0.133 e. The van der Waals surface area contributed by atoms with Crippen molar-refractivity contribution in [2.45, 2.75) is 78.2 Å². The second-order valence-electron chi connectivity index (χ2n) is 9.85. The molecule has 3 nitrogen and oxygen atoms in total. The van der Waals surface area contributed by atoms with Crippen molar-refractivity contribution in [1.82, 2.24) is 0 Å². The molecule has 0 aromatic rings. The molecule has 26 heavy (non-hydrogen) atoms. The Morgan fingerprint density at radius 2 is 1.81 bits per heavy atom. The Labute approximate surface area is 159 Å². The SMILES string of the molecule is CC(=O)[C@H]1CC[C@H]2[C@@H]3CC=C4C[C@@H](O)CC[C@]4(C)[C@H]3CC[C@]12C.COC. The largest absolute Gasteiger partial charge is 0.393 e. The number of Topliss-reactive ketones (excluding diaryl/α,β-unsaturated/α-hetero) is 1. The summed E-state index contributed by atoms with van der Waals surface area (Å²) in [5, 5.41) is 10.1. The van der Waals surface area contributed by atoms with Crippen LogP contribution in [0.1, 0.15) is 72.1 Å². The van der Waals surface area contributed by atoms with Gasteiger partial charge in [-0.2, -0.15) is 0 Å². The summed E-state index contributed by atoms with van der Waals surface area (Å²) in [5.74, 6) is 3.00. The number of methoxy groups -OCH3 is 1. The number of hydrogen-bond acceptors (Lipinski definition) is 3. The molecule has 0 aliphatic heterocycles. The molecule has 3 saturated carbocycles. The number of fused-ring (bicyclic) bond motifs is 5. The molecule has 3 fully saturated rings. The lowest BCUT2D eigenvalue weighted by molar-refractivity contribution is -0.127. The molecule has 0 radical (unpaired) electrons. The van der Waals surface area contributed by atoms with Gasteiger partial charge in [0.1, 0.15) is 5.78 Å². The fraction of sp³-hybridized carbons (Fsp3) is 0.870. The third-order valence-electron chi connectivity index (χ3n) is 8.57. The van der Waals surface area contributed by atoms with Gasteiger partial charge in [-0.1, -0.05) is 25.5 Å². The highest BCUT2D eigenvalue weighted by Crippen LogP contribution is 2.66. The van der Waals surface area contributed by atoms with Crippen LogP contribution in [0.4, 0.5) is 0 Å². The molecule has 0 spiro atoms. The number of carbonyl (C=O) groups is 1. The molecule has 4 aliphatic rings. The Bertz CT molecular complexity index is 568. The predicted molar refractivity (Wildman–Crippen MR) is 105 cm³/mol. The van der Waals surface area contributed by atoms with Crippen molar-refractivity contribution in [3.05, 3.63) is 11.6 Å². The summed E-state index contributed by atoms with van der Waals surface area (Å²) in [6.45, 7) is 6.70. The first-order valence-electron chi connectivity index (χ1n) is 10.6. The first-order valence-corrected chi connectivity index (χ1v) is 10.6. The minimum Gasteiger partial charge on any atom is -0.393 e. The lowest BCUT2D eigenvalue weighted by Crippen LogP contribution is -2.50. The number of allylic oxidation sites excluding steroid dienone is 1. The van der Waals surface area contributed by atoms with Gasteiger partial charge in [0, 0.05) is 20.1 Å². The van der Waals surface area contributed by atoms with Gasteiger partial charge < -0.3 is 9.84 Å². The molecule has 0 aromatic heterocycles. The number of carbonyl (C=O) groups excluding carboxylic acids is 1. The fourth-order valence-corrected chi connectivity index (χ4v) is 7.31. The van der Waals surface area contributed by atoms with Gasteiger partial charge in [0.05, 0.1) is 6.10 Å². The number of ketones is 1. The minimum absolute atomic E-state index is 0.117. The van der Waals surface area contributed by atoms with Crippen molar-refractivity contribution in [2.24, 2.45) is 34.5 Å². The highest BCUT2D eigenvalue weighted by Gasteiger charge is 2.59. The quantitative estimate of drug-likeness (QED) is 0.683. The number of aliphatic hydroxyl groups excluding tert-OH is 1. The molecule has 4 rings (SSSR count). The highest BCUT2D eigenvalue weighted by atomic mass is 16.4. The smallest absolute Gasteiger partial charge is 0.133 e. The van der Waals surface area contributed by atoms with Crippen molar-refractivity contribution in [3.8, 4) is 0 Å². The monoisotopic (exact) mass is 362 g/mol. The molecule has 4 aliphatic carbocycles. The first-order chi connectivity index (χ1) is 12.3. The molecule has 148 valence electrons. The van der Waals surface area contributed by atoms with Crippen molar-refractivity contribution in [3.63, 3.8) is 0 Å². The molecule has 0 heterocycles. The van der Waals surface area contributed by atoms with Crippen molar-refractivity contribution in [2.75, 3.05) is 14.2 Å². The van der Waals surface area contributed by atoms with Gasteiger partial charge in [0.2, 0.25) is 0 Å². The molecule has 7 atom stereocenters. The van der Waals surface area contributed by atoms with Gasteiger partial charge in [-0.05, 0) is 86.9 Å². The topological polar surface area (TPSA) is 46.5 Å². The van der Waals surface area contributed by atoms with Crippen molar-refractivity contribution >= 4 is 5.78 Å². The van der Waals surface area contributed by atoms with Crippen LogP contribution in [0, 0.1) is 34.5 Å². The van der Waals surface area contributed by atoms with Crippen LogP contribution in [0.3, 0.4) is 0 Å². The van der Waals surface area contributed by atoms with Crippen LogP contribution in [-0.2, 0) is 9.53 Å². The normalized spacial score (nSPS) is 46.8. The van der Waals surface area contributed by atoms with E-state index in [0.29, 0.717) is 17.1 Å². The molecule has 3 heteroatoms. The minimum atomic E-state index is -0.117. The Morgan fingerprint density at radius 1 is 1.12 bits per heavy atom. The van der Waals surface area contributed by atoms with E-state index in [1.165, 1.54) is 25.7 Å². The second-order valence-corrected chi connectivity index (χ2v) is 9.85. The summed E-state index contributed by atoms with van der Waals surface area (Å²) < 4.78 is 4.25. The fourth-order valence-electron chi connectivity index (χ4n) is 7.31. The maximum atomic E-state index is 12.2. The van der Waals surface area contributed by atoms with Crippen LogP contribution in [0.15, 0.2) is 11.6 Å². The molecule has 0 amide bonds. The molecular formula is C23H38O3. The van der Waals surface area contributed by atoms with Crippen molar-refractivity contribution < 1.29 is 14.6 Å². The second kappa shape index (κ2) is 7.39. The molecule has 1 N–H and O–H groups in total. The Kier molecular flexibility index (Phi) is 5.71. The lowest BCUT2D eigenvalue weighted by Gasteiger charge is -2.57. The summed E-state index contributed by atoms with van der Waals surface area (Å²) in [7, 11) is 3.25. The van der Waals surface area contributed by atoms with Gasteiger partial charge in [0.15, 0.2) is 0 Å². The van der Waals surface area contributed by atoms with E-state index in [9.17, 15) is 9.90 Å². The lowest BCUT2D eigenvalue weighted by atomic mass is 9.47. The van der Waals surface area contributed by atoms with Crippen LogP contribution >= 0.6 is 0 Å². The van der Waals surface area contributed by atoms with E-state index < -0.39 is 0 Å². The van der Waals surface area contributed by atoms with Gasteiger partial charge in [-0.15, -0.1) is 0 Å². The molecule has 0 saturated heterocycles. The van der Waals surface area contributed by atoms with E-state index in [1.54, 1.807) is 19.8 Å². The van der Waals surface area contributed by atoms with Gasteiger partial charge in [0.25, 0.3) is 0 Å². The zero-order chi connectivity index (χ0) is 19.1. The third-order valence-corrected chi connectivity index (χ3v) is 8.57. The van der Waals surface area contributed by atoms with Crippen LogP contribution in [0.2, 0.25) is 0 Å². The molecule has 0 bridgehead atoms. The summed E-state index contributed by atoms with van der Waals surface area (Å²) in [4.78, 5) is 12.2. The van der Waals surface area contributed by atoms with E-state index in [2.05, 4.69) is 24.7 Å². The van der Waals surface area contributed by atoms with E-state index >= 15 is 0 Å². The third kappa shape index (κ3) is 3.09. The number of aliphatic hydroxyl groups is 1. The molecular weight excluding hydrogens is 324 g/mol. The Hall–Kier alpha value is -0.670. The summed E-state index contributed by atoms with van der Waals surface area (Å²) in [6, 6.07) is 0. The zero-order valence-electron chi connectivity index (χ0n) is 17.4. The average Bonchev–Trinajstić information content (AvgIpc) is 2.93. The van der Waals surface area contributed by atoms with Crippen LogP contribution < -0.4 is 0 Å². The van der Waals surface area contributed by atoms with Crippen molar-refractivity contribution in [1.29, 1.82) is 0 Å². The van der Waals surface area contributed by atoms with Crippen LogP contribution in [0.25, 0.3) is 0 Å². The van der Waals surface area contributed by atoms with Crippen LogP contribution in [0.5, 0.6) is 0 Å². The molecule has 0 unspecified atom stereocenters. The Morgan fingerprint density at radius 3 is 2.46 bits per heavy atom. The predicted octanol–water partition coefficient (Wildman–Crippen LogP) is 4.78. The number of ether oxygens (including phenoxy) is 1. The summed E-state index contributed by atoms with van der Waals surface area (Å²) in [6.07, 6.45) is 11.5. The number of rotatable bonds is 1. The number of hydrogen-bond donors (Lipinski definition) is 1. The molecule has 0 aromatic carbocycles. The highest BCUT2D eigenvalue weighted by molar-refractivity contribution is 5.79. The van der Waals surface area contributed by atoms with E-state index in [4.69, 9.17) is 0 Å². The average molecular weight is 363 g/mol. The standard InChI is InChI=1S/C21H32O2.C2H6O/c1-13(22)17-6-7-18-16-5-4-14-12-15(23)8-10-20(14,2)19(16)9-11-21(17,18)3;1-3-2/h4,15-19,23H,5-12H2,1-3H3;1-2H3/t15-,16-,17+,18-,19-,20-,21+;/m0./s1. The van der Waals surface area contributed by atoms with Crippen LogP contribution in [-0.4, -0.2) is 31.2 Å².